The van der Waals surface area contributed by atoms with E-state index in [2.05, 4.69) is 45.2 Å². The summed E-state index contributed by atoms with van der Waals surface area (Å²) in [7, 11) is 2.04. The Morgan fingerprint density at radius 3 is 2.77 bits per heavy atom. The van der Waals surface area contributed by atoms with Crippen LogP contribution in [0.2, 0.25) is 0 Å². The van der Waals surface area contributed by atoms with Crippen molar-refractivity contribution >= 4 is 27.4 Å². The number of fused-ring (bicyclic) bond motifs is 1. The van der Waals surface area contributed by atoms with Gasteiger partial charge in [0, 0.05) is 25.1 Å². The van der Waals surface area contributed by atoms with Crippen molar-refractivity contribution in [3.63, 3.8) is 0 Å². The molecule has 3 aromatic rings. The van der Waals surface area contributed by atoms with Gasteiger partial charge in [0.1, 0.15) is 17.0 Å². The van der Waals surface area contributed by atoms with Crippen LogP contribution in [0, 0.1) is 0 Å². The average molecular weight is 313 g/mol. The van der Waals surface area contributed by atoms with Crippen LogP contribution in [-0.4, -0.2) is 36.8 Å². The van der Waals surface area contributed by atoms with E-state index in [4.69, 9.17) is 4.74 Å². The van der Waals surface area contributed by atoms with E-state index in [1.807, 2.05) is 20.0 Å². The molecule has 0 radical (unpaired) electrons. The molecule has 0 saturated carbocycles. The van der Waals surface area contributed by atoms with Crippen molar-refractivity contribution in [2.45, 2.75) is 6.92 Å². The number of rotatable bonds is 6. The number of thiophene rings is 1. The Labute approximate surface area is 134 Å². The van der Waals surface area contributed by atoms with Gasteiger partial charge < -0.3 is 9.64 Å². The Hall–Kier alpha value is -1.98. The Bertz CT molecular complexity index is 742. The molecule has 0 bridgehead atoms. The van der Waals surface area contributed by atoms with Crippen molar-refractivity contribution < 1.29 is 4.74 Å². The van der Waals surface area contributed by atoms with Gasteiger partial charge in [-0.15, -0.1) is 11.3 Å². The van der Waals surface area contributed by atoms with Crippen molar-refractivity contribution in [1.82, 2.24) is 9.97 Å². The second kappa shape index (κ2) is 6.85. The van der Waals surface area contributed by atoms with Gasteiger partial charge in [0.25, 0.3) is 0 Å². The maximum Gasteiger partial charge on any atom is 0.140 e. The predicted molar refractivity (Wildman–Crippen MR) is 92.6 cm³/mol. The zero-order valence-corrected chi connectivity index (χ0v) is 13.6. The molecule has 0 unspecified atom stereocenters. The molecule has 0 aliphatic heterocycles. The van der Waals surface area contributed by atoms with E-state index >= 15 is 0 Å². The third kappa shape index (κ3) is 3.10. The molecule has 0 aliphatic rings. The molecule has 4 nitrogen and oxygen atoms in total. The molecule has 1 aromatic carbocycles. The number of benzene rings is 1. The van der Waals surface area contributed by atoms with Crippen molar-refractivity contribution in [2.24, 2.45) is 0 Å². The second-order valence-electron chi connectivity index (χ2n) is 5.01. The van der Waals surface area contributed by atoms with Crippen molar-refractivity contribution in [1.29, 1.82) is 0 Å². The van der Waals surface area contributed by atoms with Crippen LogP contribution in [0.25, 0.3) is 20.7 Å². The molecule has 0 fully saturated rings. The van der Waals surface area contributed by atoms with Gasteiger partial charge in [-0.05, 0) is 18.6 Å². The first kappa shape index (κ1) is 14.9. The van der Waals surface area contributed by atoms with Gasteiger partial charge in [0.15, 0.2) is 0 Å². The fraction of sp³-hybridized carbons (Fsp3) is 0.294. The third-order valence-electron chi connectivity index (χ3n) is 3.50. The van der Waals surface area contributed by atoms with Gasteiger partial charge in [-0.3, -0.25) is 0 Å². The van der Waals surface area contributed by atoms with E-state index in [9.17, 15) is 0 Å². The van der Waals surface area contributed by atoms with E-state index in [-0.39, 0.29) is 0 Å². The molecule has 5 heteroatoms. The van der Waals surface area contributed by atoms with Crippen molar-refractivity contribution in [2.75, 3.05) is 31.7 Å². The zero-order valence-electron chi connectivity index (χ0n) is 12.8. The number of hydrogen-bond donors (Lipinski definition) is 0. The summed E-state index contributed by atoms with van der Waals surface area (Å²) in [6.07, 6.45) is 1.64. The zero-order chi connectivity index (χ0) is 15.4. The summed E-state index contributed by atoms with van der Waals surface area (Å²) in [4.78, 5) is 13.2. The highest BCUT2D eigenvalue weighted by molar-refractivity contribution is 7.21. The summed E-state index contributed by atoms with van der Waals surface area (Å²) in [5.41, 5.74) is 1.22. The van der Waals surface area contributed by atoms with Crippen LogP contribution in [0.5, 0.6) is 0 Å². The molecule has 3 rings (SSSR count). The van der Waals surface area contributed by atoms with Crippen LogP contribution < -0.4 is 4.90 Å². The molecule has 2 aromatic heterocycles. The SMILES string of the molecule is CCOCCN(C)c1ncnc2sc(-c3ccccc3)cc12. The summed E-state index contributed by atoms with van der Waals surface area (Å²) >= 11 is 1.70. The topological polar surface area (TPSA) is 38.2 Å². The van der Waals surface area contributed by atoms with E-state index in [1.54, 1.807) is 17.7 Å². The van der Waals surface area contributed by atoms with Gasteiger partial charge in [0.05, 0.1) is 12.0 Å². The maximum absolute atomic E-state index is 5.43. The highest BCUT2D eigenvalue weighted by atomic mass is 32.1. The maximum atomic E-state index is 5.43. The fourth-order valence-electron chi connectivity index (χ4n) is 2.34. The smallest absolute Gasteiger partial charge is 0.140 e. The molecule has 0 atom stereocenters. The molecule has 0 N–H and O–H groups in total. The molecule has 22 heavy (non-hydrogen) atoms. The number of aromatic nitrogens is 2. The first-order valence-electron chi connectivity index (χ1n) is 7.38. The molecule has 0 saturated heterocycles. The Balaban J connectivity index is 1.93. The highest BCUT2D eigenvalue weighted by Gasteiger charge is 2.12. The second-order valence-corrected chi connectivity index (χ2v) is 6.04. The van der Waals surface area contributed by atoms with Crippen LogP contribution >= 0.6 is 11.3 Å². The minimum Gasteiger partial charge on any atom is -0.380 e. The lowest BCUT2D eigenvalue weighted by Crippen LogP contribution is -2.23. The largest absolute Gasteiger partial charge is 0.380 e. The van der Waals surface area contributed by atoms with Crippen LogP contribution in [-0.2, 0) is 4.74 Å². The number of anilines is 1. The molecular weight excluding hydrogens is 294 g/mol. The van der Waals surface area contributed by atoms with Gasteiger partial charge in [-0.1, -0.05) is 30.3 Å². The fourth-order valence-corrected chi connectivity index (χ4v) is 3.34. The normalized spacial score (nSPS) is 11.0. The van der Waals surface area contributed by atoms with Gasteiger partial charge >= 0.3 is 0 Å². The van der Waals surface area contributed by atoms with E-state index < -0.39 is 0 Å². The van der Waals surface area contributed by atoms with Crippen LogP contribution in [0.15, 0.2) is 42.7 Å². The summed E-state index contributed by atoms with van der Waals surface area (Å²) in [6.45, 7) is 4.27. The summed E-state index contributed by atoms with van der Waals surface area (Å²) in [5, 5.41) is 1.10. The molecule has 0 aliphatic carbocycles. The van der Waals surface area contributed by atoms with Gasteiger partial charge in [-0.25, -0.2) is 9.97 Å². The Morgan fingerprint density at radius 1 is 1.18 bits per heavy atom. The van der Waals surface area contributed by atoms with Crippen LogP contribution in [0.3, 0.4) is 0 Å². The van der Waals surface area contributed by atoms with Crippen LogP contribution in [0.1, 0.15) is 6.92 Å². The molecule has 114 valence electrons. The van der Waals surface area contributed by atoms with Crippen LogP contribution in [0.4, 0.5) is 5.82 Å². The van der Waals surface area contributed by atoms with Crippen molar-refractivity contribution in [3.8, 4) is 10.4 Å². The molecule has 0 amide bonds. The Morgan fingerprint density at radius 2 is 2.00 bits per heavy atom. The number of likely N-dealkylation sites (N-methyl/N-ethyl adjacent to an activating group) is 1. The van der Waals surface area contributed by atoms with E-state index in [0.717, 1.165) is 29.2 Å². The molecule has 0 spiro atoms. The lowest BCUT2D eigenvalue weighted by Gasteiger charge is -2.18. The summed E-state index contributed by atoms with van der Waals surface area (Å²) in [6, 6.07) is 12.6. The summed E-state index contributed by atoms with van der Waals surface area (Å²) in [5.74, 6) is 0.961. The lowest BCUT2D eigenvalue weighted by molar-refractivity contribution is 0.154. The Kier molecular flexibility index (Phi) is 4.65. The van der Waals surface area contributed by atoms with E-state index in [1.165, 1.54) is 10.4 Å². The number of nitrogens with zero attached hydrogens (tertiary/aromatic N) is 3. The monoisotopic (exact) mass is 313 g/mol. The van der Waals surface area contributed by atoms with E-state index in [0.29, 0.717) is 6.61 Å². The number of ether oxygens (including phenoxy) is 1. The van der Waals surface area contributed by atoms with Crippen molar-refractivity contribution in [3.05, 3.63) is 42.7 Å². The van der Waals surface area contributed by atoms with Gasteiger partial charge in [-0.2, -0.15) is 0 Å². The predicted octanol–water partition coefficient (Wildman–Crippen LogP) is 3.83. The minimum atomic E-state index is 0.703. The standard InChI is InChI=1S/C17H19N3OS/c1-3-21-10-9-20(2)16-14-11-15(13-7-5-4-6-8-13)22-17(14)19-12-18-16/h4-8,11-12H,3,9-10H2,1-2H3. The average Bonchev–Trinajstić information content (AvgIpc) is 3.00. The lowest BCUT2D eigenvalue weighted by atomic mass is 10.2. The quantitative estimate of drug-likeness (QED) is 0.648. The number of hydrogen-bond acceptors (Lipinski definition) is 5. The molecule has 2 heterocycles. The molecular formula is C17H19N3OS. The first-order valence-corrected chi connectivity index (χ1v) is 8.20. The minimum absolute atomic E-state index is 0.703. The third-order valence-corrected chi connectivity index (χ3v) is 4.60. The summed E-state index contributed by atoms with van der Waals surface area (Å²) < 4.78 is 5.43. The first-order chi connectivity index (χ1) is 10.8. The highest BCUT2D eigenvalue weighted by Crippen LogP contribution is 2.35. The van der Waals surface area contributed by atoms with Gasteiger partial charge in [0.2, 0.25) is 0 Å².